The highest BCUT2D eigenvalue weighted by Gasteiger charge is 2.11. The Morgan fingerprint density at radius 2 is 2.00 bits per heavy atom. The molecule has 1 aromatic carbocycles. The van der Waals surface area contributed by atoms with E-state index in [0.717, 1.165) is 11.4 Å². The predicted molar refractivity (Wildman–Crippen MR) is 76.2 cm³/mol. The molecule has 0 aliphatic rings. The standard InChI is InChI=1S/C13H15ClN4O/c1-8-13(15)9(2)18(17-8)7-12(19)16-11-5-3-10(14)4-6-11/h3-6H,7,15H2,1-2H3,(H,16,19). The quantitative estimate of drug-likeness (QED) is 0.905. The molecule has 0 fully saturated rings. The number of benzene rings is 1. The molecule has 2 aromatic rings. The maximum absolute atomic E-state index is 11.9. The summed E-state index contributed by atoms with van der Waals surface area (Å²) < 4.78 is 1.59. The topological polar surface area (TPSA) is 72.9 Å². The molecular weight excluding hydrogens is 264 g/mol. The van der Waals surface area contributed by atoms with E-state index in [0.29, 0.717) is 16.4 Å². The predicted octanol–water partition coefficient (Wildman–Crippen LogP) is 2.37. The SMILES string of the molecule is Cc1nn(CC(=O)Nc2ccc(Cl)cc2)c(C)c1N. The molecule has 2 rings (SSSR count). The summed E-state index contributed by atoms with van der Waals surface area (Å²) in [6.07, 6.45) is 0. The Kier molecular flexibility index (Phi) is 3.76. The molecule has 0 unspecified atom stereocenters. The second-order valence-corrected chi connectivity index (χ2v) is 4.73. The van der Waals surface area contributed by atoms with E-state index in [4.69, 9.17) is 17.3 Å². The van der Waals surface area contributed by atoms with Crippen LogP contribution in [0.4, 0.5) is 11.4 Å². The number of halogens is 1. The maximum Gasteiger partial charge on any atom is 0.246 e. The summed E-state index contributed by atoms with van der Waals surface area (Å²) in [7, 11) is 0. The number of carbonyl (C=O) groups is 1. The second-order valence-electron chi connectivity index (χ2n) is 4.30. The summed E-state index contributed by atoms with van der Waals surface area (Å²) in [5, 5.41) is 7.62. The third-order valence-corrected chi connectivity index (χ3v) is 3.11. The number of carbonyl (C=O) groups excluding carboxylic acids is 1. The van der Waals surface area contributed by atoms with Crippen molar-refractivity contribution in [3.05, 3.63) is 40.7 Å². The third kappa shape index (κ3) is 3.06. The van der Waals surface area contributed by atoms with Gasteiger partial charge in [0.2, 0.25) is 5.91 Å². The molecule has 19 heavy (non-hydrogen) atoms. The second kappa shape index (κ2) is 5.32. The molecule has 0 aliphatic carbocycles. The number of nitrogens with two attached hydrogens (primary N) is 1. The van der Waals surface area contributed by atoms with E-state index in [1.807, 2.05) is 13.8 Å². The van der Waals surface area contributed by atoms with Gasteiger partial charge in [0, 0.05) is 10.7 Å². The van der Waals surface area contributed by atoms with Gasteiger partial charge in [-0.25, -0.2) is 0 Å². The first-order valence-corrected chi connectivity index (χ1v) is 6.20. The number of nitrogens with one attached hydrogen (secondary N) is 1. The number of anilines is 2. The number of aromatic nitrogens is 2. The van der Waals surface area contributed by atoms with Crippen molar-refractivity contribution in [2.45, 2.75) is 20.4 Å². The van der Waals surface area contributed by atoms with Gasteiger partial charge in [-0.05, 0) is 38.1 Å². The van der Waals surface area contributed by atoms with E-state index < -0.39 is 0 Å². The number of hydrogen-bond acceptors (Lipinski definition) is 3. The van der Waals surface area contributed by atoms with Crippen LogP contribution in [-0.4, -0.2) is 15.7 Å². The van der Waals surface area contributed by atoms with Crippen LogP contribution >= 0.6 is 11.6 Å². The fourth-order valence-corrected chi connectivity index (χ4v) is 1.86. The molecule has 5 nitrogen and oxygen atoms in total. The molecule has 1 amide bonds. The normalized spacial score (nSPS) is 10.5. The van der Waals surface area contributed by atoms with Crippen molar-refractivity contribution in [1.29, 1.82) is 0 Å². The summed E-state index contributed by atoms with van der Waals surface area (Å²) in [4.78, 5) is 11.9. The van der Waals surface area contributed by atoms with Crippen molar-refractivity contribution in [1.82, 2.24) is 9.78 Å². The van der Waals surface area contributed by atoms with Gasteiger partial charge in [0.15, 0.2) is 0 Å². The van der Waals surface area contributed by atoms with E-state index >= 15 is 0 Å². The maximum atomic E-state index is 11.9. The molecule has 0 radical (unpaired) electrons. The van der Waals surface area contributed by atoms with E-state index in [1.165, 1.54) is 0 Å². The van der Waals surface area contributed by atoms with Gasteiger partial charge >= 0.3 is 0 Å². The van der Waals surface area contributed by atoms with Crippen molar-refractivity contribution in [2.75, 3.05) is 11.1 Å². The number of aryl methyl sites for hydroxylation is 1. The molecular formula is C13H15ClN4O. The first-order valence-electron chi connectivity index (χ1n) is 5.82. The van der Waals surface area contributed by atoms with Crippen LogP contribution in [0.3, 0.4) is 0 Å². The third-order valence-electron chi connectivity index (χ3n) is 2.86. The van der Waals surface area contributed by atoms with E-state index in [1.54, 1.807) is 28.9 Å². The average molecular weight is 279 g/mol. The van der Waals surface area contributed by atoms with Gasteiger partial charge in [-0.3, -0.25) is 9.48 Å². The molecule has 1 aromatic heterocycles. The van der Waals surface area contributed by atoms with Crippen LogP contribution in [0, 0.1) is 13.8 Å². The molecule has 1 heterocycles. The zero-order valence-electron chi connectivity index (χ0n) is 10.8. The van der Waals surface area contributed by atoms with Crippen molar-refractivity contribution < 1.29 is 4.79 Å². The summed E-state index contributed by atoms with van der Waals surface area (Å²) in [6.45, 7) is 3.79. The number of rotatable bonds is 3. The lowest BCUT2D eigenvalue weighted by molar-refractivity contribution is -0.116. The van der Waals surface area contributed by atoms with E-state index in [-0.39, 0.29) is 12.5 Å². The van der Waals surface area contributed by atoms with Gasteiger partial charge in [-0.15, -0.1) is 0 Å². The first-order chi connectivity index (χ1) is 8.97. The van der Waals surface area contributed by atoms with Crippen LogP contribution in [-0.2, 0) is 11.3 Å². The Balaban J connectivity index is 2.05. The van der Waals surface area contributed by atoms with Crippen LogP contribution < -0.4 is 11.1 Å². The van der Waals surface area contributed by atoms with Gasteiger partial charge in [0.05, 0.1) is 17.1 Å². The Hall–Kier alpha value is -2.01. The summed E-state index contributed by atoms with van der Waals surface area (Å²) in [6, 6.07) is 6.93. The van der Waals surface area contributed by atoms with Crippen molar-refractivity contribution in [2.24, 2.45) is 0 Å². The zero-order valence-corrected chi connectivity index (χ0v) is 11.5. The fourth-order valence-electron chi connectivity index (χ4n) is 1.73. The molecule has 6 heteroatoms. The van der Waals surface area contributed by atoms with E-state index in [9.17, 15) is 4.79 Å². The minimum Gasteiger partial charge on any atom is -0.396 e. The fraction of sp³-hybridized carbons (Fsp3) is 0.231. The molecule has 0 aliphatic heterocycles. The summed E-state index contributed by atoms with van der Waals surface area (Å²) >= 11 is 5.78. The van der Waals surface area contributed by atoms with Crippen LogP contribution in [0.2, 0.25) is 5.02 Å². The molecule has 0 saturated carbocycles. The number of amides is 1. The summed E-state index contributed by atoms with van der Waals surface area (Å²) in [5.41, 5.74) is 8.67. The average Bonchev–Trinajstić information content (AvgIpc) is 2.60. The molecule has 3 N–H and O–H groups in total. The molecule has 0 atom stereocenters. The van der Waals surface area contributed by atoms with Crippen molar-refractivity contribution in [3.8, 4) is 0 Å². The number of hydrogen-bond donors (Lipinski definition) is 2. The van der Waals surface area contributed by atoms with Crippen molar-refractivity contribution >= 4 is 28.9 Å². The lowest BCUT2D eigenvalue weighted by Crippen LogP contribution is -2.20. The highest BCUT2D eigenvalue weighted by Crippen LogP contribution is 2.16. The van der Waals surface area contributed by atoms with Crippen LogP contribution in [0.25, 0.3) is 0 Å². The van der Waals surface area contributed by atoms with Gasteiger partial charge in [-0.2, -0.15) is 5.10 Å². The van der Waals surface area contributed by atoms with Crippen LogP contribution in [0.5, 0.6) is 0 Å². The van der Waals surface area contributed by atoms with Gasteiger partial charge in [0.25, 0.3) is 0 Å². The van der Waals surface area contributed by atoms with Crippen LogP contribution in [0.1, 0.15) is 11.4 Å². The van der Waals surface area contributed by atoms with Crippen molar-refractivity contribution in [3.63, 3.8) is 0 Å². The van der Waals surface area contributed by atoms with Gasteiger partial charge < -0.3 is 11.1 Å². The highest BCUT2D eigenvalue weighted by molar-refractivity contribution is 6.30. The Morgan fingerprint density at radius 3 is 2.53 bits per heavy atom. The number of nitrogens with zero attached hydrogens (tertiary/aromatic N) is 2. The van der Waals surface area contributed by atoms with Gasteiger partial charge in [-0.1, -0.05) is 11.6 Å². The zero-order chi connectivity index (χ0) is 14.0. The molecule has 0 saturated heterocycles. The monoisotopic (exact) mass is 278 g/mol. The highest BCUT2D eigenvalue weighted by atomic mass is 35.5. The molecule has 0 bridgehead atoms. The smallest absolute Gasteiger partial charge is 0.246 e. The Bertz CT molecular complexity index is 604. The minimum atomic E-state index is -0.159. The summed E-state index contributed by atoms with van der Waals surface area (Å²) in [5.74, 6) is -0.159. The minimum absolute atomic E-state index is 0.131. The lowest BCUT2D eigenvalue weighted by Gasteiger charge is -2.07. The largest absolute Gasteiger partial charge is 0.396 e. The Morgan fingerprint density at radius 1 is 1.37 bits per heavy atom. The van der Waals surface area contributed by atoms with E-state index in [2.05, 4.69) is 10.4 Å². The number of nitrogen functional groups attached to an aromatic ring is 1. The lowest BCUT2D eigenvalue weighted by atomic mass is 10.3. The molecule has 0 spiro atoms. The Labute approximate surface area is 116 Å². The van der Waals surface area contributed by atoms with Crippen LogP contribution in [0.15, 0.2) is 24.3 Å². The van der Waals surface area contributed by atoms with Gasteiger partial charge in [0.1, 0.15) is 6.54 Å². The molecule has 100 valence electrons. The first kappa shape index (κ1) is 13.4.